The fraction of sp³-hybridized carbons (Fsp3) is 0.182. The minimum atomic E-state index is -0.487. The standard InChI is InChI=1S/C22H19N5O4S2/c1-14-21(33-22(24-14)18-3-2-12-32-18)17-8-9-20(29)26(25-17)11-10-23-19(28)13-15-4-6-16(7-5-15)27(30)31/h2-9,12H,10-11,13H2,1H3,(H,23,28). The number of non-ortho nitro benzene ring substituents is 1. The molecule has 0 saturated carbocycles. The summed E-state index contributed by atoms with van der Waals surface area (Å²) in [5.41, 5.74) is 1.88. The molecular formula is C22H19N5O4S2. The number of nitro groups is 1. The second-order valence-corrected chi connectivity index (χ2v) is 9.09. The highest BCUT2D eigenvalue weighted by molar-refractivity contribution is 7.23. The van der Waals surface area contributed by atoms with Gasteiger partial charge in [-0.05, 0) is 30.0 Å². The predicted molar refractivity (Wildman–Crippen MR) is 127 cm³/mol. The molecule has 3 aromatic heterocycles. The Labute approximate surface area is 196 Å². The number of thiazole rings is 1. The molecule has 0 spiro atoms. The van der Waals surface area contributed by atoms with Gasteiger partial charge in [0.15, 0.2) is 0 Å². The molecule has 168 valence electrons. The molecule has 0 bridgehead atoms. The predicted octanol–water partition coefficient (Wildman–Crippen LogP) is 3.67. The van der Waals surface area contributed by atoms with Crippen LogP contribution in [0.4, 0.5) is 5.69 Å². The summed E-state index contributed by atoms with van der Waals surface area (Å²) in [7, 11) is 0. The zero-order valence-corrected chi connectivity index (χ0v) is 19.2. The van der Waals surface area contributed by atoms with Gasteiger partial charge in [-0.2, -0.15) is 5.10 Å². The van der Waals surface area contributed by atoms with Gasteiger partial charge in [-0.15, -0.1) is 22.7 Å². The van der Waals surface area contributed by atoms with Gasteiger partial charge in [-0.3, -0.25) is 19.7 Å². The van der Waals surface area contributed by atoms with E-state index in [9.17, 15) is 19.7 Å². The highest BCUT2D eigenvalue weighted by atomic mass is 32.1. The molecule has 1 aromatic carbocycles. The molecule has 4 aromatic rings. The Balaban J connectivity index is 1.39. The average Bonchev–Trinajstić information content (AvgIpc) is 3.45. The van der Waals surface area contributed by atoms with E-state index >= 15 is 0 Å². The summed E-state index contributed by atoms with van der Waals surface area (Å²) in [5, 5.41) is 20.9. The summed E-state index contributed by atoms with van der Waals surface area (Å²) >= 11 is 3.14. The summed E-state index contributed by atoms with van der Waals surface area (Å²) in [6, 6.07) is 13.0. The lowest BCUT2D eigenvalue weighted by Crippen LogP contribution is -2.32. The molecule has 0 saturated heterocycles. The van der Waals surface area contributed by atoms with Crippen LogP contribution in [-0.2, 0) is 17.8 Å². The molecule has 3 heterocycles. The number of carbonyl (C=O) groups excluding carboxylic acids is 1. The highest BCUT2D eigenvalue weighted by Gasteiger charge is 2.14. The van der Waals surface area contributed by atoms with Gasteiger partial charge >= 0.3 is 0 Å². The van der Waals surface area contributed by atoms with E-state index in [2.05, 4.69) is 15.4 Å². The van der Waals surface area contributed by atoms with E-state index in [-0.39, 0.29) is 36.7 Å². The fourth-order valence-electron chi connectivity index (χ4n) is 3.15. The Morgan fingerprint density at radius 3 is 2.67 bits per heavy atom. The zero-order chi connectivity index (χ0) is 23.4. The maximum Gasteiger partial charge on any atom is 0.269 e. The number of carbonyl (C=O) groups is 1. The number of thiophene rings is 1. The van der Waals surface area contributed by atoms with Gasteiger partial charge in [0.25, 0.3) is 11.2 Å². The fourth-order valence-corrected chi connectivity index (χ4v) is 4.98. The SMILES string of the molecule is Cc1nc(-c2cccs2)sc1-c1ccc(=O)n(CCNC(=O)Cc2ccc([N+](=O)[O-])cc2)n1. The van der Waals surface area contributed by atoms with Crippen LogP contribution in [0.25, 0.3) is 20.5 Å². The van der Waals surface area contributed by atoms with Crippen molar-refractivity contribution in [3.05, 3.63) is 85.6 Å². The topological polar surface area (TPSA) is 120 Å². The summed E-state index contributed by atoms with van der Waals surface area (Å²) in [6.45, 7) is 2.36. The lowest BCUT2D eigenvalue weighted by atomic mass is 10.1. The molecule has 11 heteroatoms. The highest BCUT2D eigenvalue weighted by Crippen LogP contribution is 2.35. The molecule has 0 fully saturated rings. The van der Waals surface area contributed by atoms with Crippen LogP contribution in [-0.4, -0.2) is 32.1 Å². The molecule has 9 nitrogen and oxygen atoms in total. The molecule has 0 aliphatic rings. The van der Waals surface area contributed by atoms with Gasteiger partial charge in [0.1, 0.15) is 10.7 Å². The Morgan fingerprint density at radius 1 is 1.18 bits per heavy atom. The van der Waals surface area contributed by atoms with E-state index in [1.165, 1.54) is 34.2 Å². The van der Waals surface area contributed by atoms with E-state index in [4.69, 9.17) is 0 Å². The van der Waals surface area contributed by atoms with E-state index < -0.39 is 4.92 Å². The zero-order valence-electron chi connectivity index (χ0n) is 17.6. The smallest absolute Gasteiger partial charge is 0.269 e. The lowest BCUT2D eigenvalue weighted by molar-refractivity contribution is -0.384. The molecule has 1 N–H and O–H groups in total. The minimum absolute atomic E-state index is 0.0248. The summed E-state index contributed by atoms with van der Waals surface area (Å²) in [4.78, 5) is 41.3. The molecule has 1 amide bonds. The van der Waals surface area contributed by atoms with Crippen LogP contribution in [0, 0.1) is 17.0 Å². The summed E-state index contributed by atoms with van der Waals surface area (Å²) in [5.74, 6) is -0.244. The molecule has 4 rings (SSSR count). The third-order valence-corrected chi connectivity index (χ3v) is 7.00. The number of benzene rings is 1. The Hall–Kier alpha value is -3.70. The normalized spacial score (nSPS) is 10.8. The largest absolute Gasteiger partial charge is 0.354 e. The third kappa shape index (κ3) is 5.38. The van der Waals surface area contributed by atoms with Gasteiger partial charge in [0, 0.05) is 24.7 Å². The van der Waals surface area contributed by atoms with E-state index in [0.717, 1.165) is 20.5 Å². The van der Waals surface area contributed by atoms with E-state index in [1.807, 2.05) is 24.4 Å². The maximum absolute atomic E-state index is 12.3. The van der Waals surface area contributed by atoms with E-state index in [1.54, 1.807) is 29.5 Å². The molecule has 33 heavy (non-hydrogen) atoms. The summed E-state index contributed by atoms with van der Waals surface area (Å²) in [6.07, 6.45) is 0.0892. The molecule has 0 atom stereocenters. The van der Waals surface area contributed by atoms with Crippen LogP contribution in [0.5, 0.6) is 0 Å². The van der Waals surface area contributed by atoms with Gasteiger partial charge in [0.05, 0.1) is 33.3 Å². The van der Waals surface area contributed by atoms with Crippen LogP contribution < -0.4 is 10.9 Å². The molecule has 0 aliphatic carbocycles. The molecule has 0 aliphatic heterocycles. The number of rotatable bonds is 8. The van der Waals surface area contributed by atoms with Crippen LogP contribution in [0.2, 0.25) is 0 Å². The monoisotopic (exact) mass is 481 g/mol. The number of amides is 1. The first-order valence-electron chi connectivity index (χ1n) is 10.0. The van der Waals surface area contributed by atoms with Crippen molar-refractivity contribution in [2.45, 2.75) is 19.9 Å². The van der Waals surface area contributed by atoms with Crippen molar-refractivity contribution in [1.82, 2.24) is 20.1 Å². The number of nitro benzene ring substituents is 1. The quantitative estimate of drug-likeness (QED) is 0.303. The van der Waals surface area contributed by atoms with Crippen molar-refractivity contribution in [3.63, 3.8) is 0 Å². The minimum Gasteiger partial charge on any atom is -0.354 e. The lowest BCUT2D eigenvalue weighted by Gasteiger charge is -2.08. The molecule has 0 radical (unpaired) electrons. The Kier molecular flexibility index (Phi) is 6.71. The second kappa shape index (κ2) is 9.84. The Morgan fingerprint density at radius 2 is 1.97 bits per heavy atom. The van der Waals surface area contributed by atoms with Crippen LogP contribution >= 0.6 is 22.7 Å². The van der Waals surface area contributed by atoms with Crippen molar-refractivity contribution in [3.8, 4) is 20.5 Å². The maximum atomic E-state index is 12.3. The molecular weight excluding hydrogens is 462 g/mol. The number of hydrogen-bond donors (Lipinski definition) is 1. The number of hydrogen-bond acceptors (Lipinski definition) is 8. The third-order valence-electron chi connectivity index (χ3n) is 4.79. The second-order valence-electron chi connectivity index (χ2n) is 7.14. The number of aryl methyl sites for hydroxylation is 1. The molecule has 0 unspecified atom stereocenters. The van der Waals surface area contributed by atoms with Crippen molar-refractivity contribution in [2.75, 3.05) is 6.54 Å². The van der Waals surface area contributed by atoms with Gasteiger partial charge < -0.3 is 5.32 Å². The first kappa shape index (κ1) is 22.5. The van der Waals surface area contributed by atoms with Crippen LogP contribution in [0.1, 0.15) is 11.3 Å². The van der Waals surface area contributed by atoms with Gasteiger partial charge in [-0.1, -0.05) is 18.2 Å². The number of aromatic nitrogens is 3. The van der Waals surface area contributed by atoms with Crippen LogP contribution in [0.15, 0.2) is 58.7 Å². The number of nitrogens with zero attached hydrogens (tertiary/aromatic N) is 4. The van der Waals surface area contributed by atoms with Gasteiger partial charge in [-0.25, -0.2) is 9.67 Å². The van der Waals surface area contributed by atoms with Crippen molar-refractivity contribution in [2.24, 2.45) is 0 Å². The van der Waals surface area contributed by atoms with Crippen molar-refractivity contribution < 1.29 is 9.72 Å². The van der Waals surface area contributed by atoms with E-state index in [0.29, 0.717) is 11.3 Å². The number of nitrogens with one attached hydrogen (secondary N) is 1. The first-order chi connectivity index (χ1) is 15.9. The summed E-state index contributed by atoms with van der Waals surface area (Å²) < 4.78 is 1.32. The Bertz CT molecular complexity index is 1340. The van der Waals surface area contributed by atoms with Crippen LogP contribution in [0.3, 0.4) is 0 Å². The van der Waals surface area contributed by atoms with Gasteiger partial charge in [0.2, 0.25) is 5.91 Å². The van der Waals surface area contributed by atoms with Crippen molar-refractivity contribution in [1.29, 1.82) is 0 Å². The average molecular weight is 482 g/mol. The van der Waals surface area contributed by atoms with Crippen molar-refractivity contribution >= 4 is 34.3 Å². The first-order valence-corrected chi connectivity index (χ1v) is 11.7.